The van der Waals surface area contributed by atoms with Gasteiger partial charge >= 0.3 is 19.8 Å². The van der Waals surface area contributed by atoms with Crippen LogP contribution < -0.4 is 29.9 Å². The first kappa shape index (κ1) is 23.4. The van der Waals surface area contributed by atoms with E-state index in [1.54, 1.807) is 0 Å². The predicted octanol–water partition coefficient (Wildman–Crippen LogP) is -7.23. The maximum atomic E-state index is 9.26. The minimum Gasteiger partial charge on any atom is -1.00 e. The minimum atomic E-state index is -0.995. The summed E-state index contributed by atoms with van der Waals surface area (Å²) in [5.41, 5.74) is 0. The van der Waals surface area contributed by atoms with Gasteiger partial charge in [0.2, 0.25) is 0 Å². The molecule has 0 atom stereocenters. The van der Waals surface area contributed by atoms with Crippen molar-refractivity contribution >= 4 is 25.8 Å². The Balaban J connectivity index is -0.0000000267. The second-order valence-corrected chi connectivity index (χ2v) is 0.726. The zero-order valence-electron chi connectivity index (χ0n) is 4.36. The van der Waals surface area contributed by atoms with Crippen LogP contribution in [0.4, 0.5) is 0 Å². The van der Waals surface area contributed by atoms with Gasteiger partial charge in [-0.2, -0.15) is 0 Å². The number of hydrogen-bond acceptors (Lipinski definition) is 2. The zero-order chi connectivity index (χ0) is 4.28. The number of carbonyl (C=O) groups is 1. The summed E-state index contributed by atoms with van der Waals surface area (Å²) in [7, 11) is 0. The molecule has 5 heteroatoms. The number of rotatable bonds is 1. The van der Waals surface area contributed by atoms with Crippen LogP contribution in [-0.2, 0) is 4.79 Å². The van der Waals surface area contributed by atoms with Gasteiger partial charge in [-0.3, -0.25) is 0 Å². The first-order chi connectivity index (χ1) is 2.27. The van der Waals surface area contributed by atoms with E-state index < -0.39 is 5.97 Å². The summed E-state index contributed by atoms with van der Waals surface area (Å²) in [4.78, 5) is 9.26. The van der Waals surface area contributed by atoms with Crippen LogP contribution in [-0.4, -0.2) is 25.8 Å². The molecule has 0 aromatic rings. The van der Waals surface area contributed by atoms with Gasteiger partial charge in [0, 0.05) is 5.97 Å². The molecular weight excluding hydrogens is 209 g/mol. The Morgan fingerprint density at radius 2 is 1.62 bits per heavy atom. The summed E-state index contributed by atoms with van der Waals surface area (Å²) in [5, 5.41) is 9.26. The molecule has 0 unspecified atom stereocenters. The molecule has 0 aliphatic rings. The maximum absolute atomic E-state index is 9.26. The van der Waals surface area contributed by atoms with Crippen LogP contribution in [0.5, 0.6) is 0 Å². The van der Waals surface area contributed by atoms with E-state index in [1.807, 2.05) is 0 Å². The third-order valence-corrected chi connectivity index (χ3v) is 0.289. The SMILES string of the molecule is CCC(=O)[O-].[Cl-].[Cl-].[Ga+3]. The zero-order valence-corrected chi connectivity index (χ0v) is 8.29. The monoisotopic (exact) mass is 212 g/mol. The summed E-state index contributed by atoms with van der Waals surface area (Å²) in [6.07, 6.45) is 0.111. The largest absolute Gasteiger partial charge is 3.00 e. The van der Waals surface area contributed by atoms with Crippen LogP contribution in [0.25, 0.3) is 0 Å². The summed E-state index contributed by atoms with van der Waals surface area (Å²) in [5.74, 6) is -0.995. The van der Waals surface area contributed by atoms with Gasteiger partial charge in [0.05, 0.1) is 0 Å². The molecule has 0 amide bonds. The van der Waals surface area contributed by atoms with Crippen LogP contribution >= 0.6 is 0 Å². The van der Waals surface area contributed by atoms with E-state index in [-0.39, 0.29) is 51.0 Å². The van der Waals surface area contributed by atoms with Gasteiger partial charge in [0.1, 0.15) is 0 Å². The van der Waals surface area contributed by atoms with Crippen molar-refractivity contribution in [3.05, 3.63) is 0 Å². The fourth-order valence-electron chi connectivity index (χ4n) is 0. The molecular formula is C3H5Cl2GaO2. The van der Waals surface area contributed by atoms with E-state index in [4.69, 9.17) is 0 Å². The van der Waals surface area contributed by atoms with Crippen LogP contribution in [0.15, 0.2) is 0 Å². The first-order valence-electron chi connectivity index (χ1n) is 1.47. The number of carboxylic acid groups (broad SMARTS) is 1. The number of carbonyl (C=O) groups excluding carboxylic acids is 1. The van der Waals surface area contributed by atoms with Crippen molar-refractivity contribution in [2.75, 3.05) is 0 Å². The van der Waals surface area contributed by atoms with Gasteiger partial charge in [-0.25, -0.2) is 0 Å². The molecule has 8 heavy (non-hydrogen) atoms. The smallest absolute Gasteiger partial charge is 1.00 e. The van der Waals surface area contributed by atoms with Crippen molar-refractivity contribution in [2.45, 2.75) is 13.3 Å². The molecule has 0 rings (SSSR count). The Morgan fingerprint density at radius 1 is 1.50 bits per heavy atom. The molecule has 0 aromatic heterocycles. The van der Waals surface area contributed by atoms with Crippen LogP contribution in [0.1, 0.15) is 13.3 Å². The third-order valence-electron chi connectivity index (χ3n) is 0.289. The minimum absolute atomic E-state index is 0. The third kappa shape index (κ3) is 30.0. The predicted molar refractivity (Wildman–Crippen MR) is 21.1 cm³/mol. The Kier molecular flexibility index (Phi) is 45.7. The van der Waals surface area contributed by atoms with Gasteiger partial charge < -0.3 is 34.7 Å². The van der Waals surface area contributed by atoms with E-state index >= 15 is 0 Å². The number of halogens is 2. The van der Waals surface area contributed by atoms with Gasteiger partial charge in [0.25, 0.3) is 0 Å². The average Bonchev–Trinajstić information content (AvgIpc) is 1.38. The summed E-state index contributed by atoms with van der Waals surface area (Å²) in [6.45, 7) is 1.54. The summed E-state index contributed by atoms with van der Waals surface area (Å²) in [6, 6.07) is 0. The maximum Gasteiger partial charge on any atom is 3.00 e. The molecule has 0 spiro atoms. The van der Waals surface area contributed by atoms with Gasteiger partial charge in [-0.05, 0) is 6.42 Å². The molecule has 0 saturated carbocycles. The Labute approximate surface area is 73.9 Å². The molecule has 2 nitrogen and oxygen atoms in total. The Morgan fingerprint density at radius 3 is 1.62 bits per heavy atom. The summed E-state index contributed by atoms with van der Waals surface area (Å²) < 4.78 is 0. The molecule has 0 aliphatic carbocycles. The van der Waals surface area contributed by atoms with Gasteiger partial charge in [-0.1, -0.05) is 6.92 Å². The van der Waals surface area contributed by atoms with E-state index in [1.165, 1.54) is 6.92 Å². The standard InChI is InChI=1S/C3H6O2.2ClH.Ga/c1-2-3(4)5;;;/h2H2,1H3,(H,4,5);2*1H;/q;;;+3/p-3. The van der Waals surface area contributed by atoms with Crippen LogP contribution in [0.3, 0.4) is 0 Å². The molecule has 0 heterocycles. The molecule has 0 aromatic carbocycles. The number of carboxylic acids is 1. The summed E-state index contributed by atoms with van der Waals surface area (Å²) >= 11 is 0. The fourth-order valence-corrected chi connectivity index (χ4v) is 0. The molecule has 0 bridgehead atoms. The van der Waals surface area contributed by atoms with Crippen LogP contribution in [0, 0.1) is 0 Å². The second kappa shape index (κ2) is 15.6. The molecule has 46 valence electrons. The normalized spacial score (nSPS) is 4.62. The van der Waals surface area contributed by atoms with Crippen LogP contribution in [0.2, 0.25) is 0 Å². The molecule has 0 fully saturated rings. The van der Waals surface area contributed by atoms with E-state index in [0.29, 0.717) is 0 Å². The quantitative estimate of drug-likeness (QED) is 0.406. The Bertz CT molecular complexity index is 50.5. The second-order valence-electron chi connectivity index (χ2n) is 0.726. The first-order valence-corrected chi connectivity index (χ1v) is 1.47. The number of aliphatic carboxylic acids is 1. The van der Waals surface area contributed by atoms with Gasteiger partial charge in [0.15, 0.2) is 0 Å². The molecule has 0 radical (unpaired) electrons. The Hall–Kier alpha value is 0.686. The number of hydrogen-bond donors (Lipinski definition) is 0. The fraction of sp³-hybridized carbons (Fsp3) is 0.667. The van der Waals surface area contributed by atoms with Gasteiger partial charge in [-0.15, -0.1) is 0 Å². The van der Waals surface area contributed by atoms with E-state index in [0.717, 1.165) is 0 Å². The van der Waals surface area contributed by atoms with E-state index in [2.05, 4.69) is 0 Å². The molecule has 0 saturated heterocycles. The topological polar surface area (TPSA) is 40.1 Å². The van der Waals surface area contributed by atoms with E-state index in [9.17, 15) is 9.90 Å². The van der Waals surface area contributed by atoms with Crippen molar-refractivity contribution in [1.29, 1.82) is 0 Å². The van der Waals surface area contributed by atoms with Crippen molar-refractivity contribution < 1.29 is 34.7 Å². The van der Waals surface area contributed by atoms with Crippen molar-refractivity contribution in [1.82, 2.24) is 0 Å². The average molecular weight is 214 g/mol. The molecule has 0 N–H and O–H groups in total. The van der Waals surface area contributed by atoms with Crippen molar-refractivity contribution in [3.8, 4) is 0 Å². The van der Waals surface area contributed by atoms with Crippen molar-refractivity contribution in [3.63, 3.8) is 0 Å². The van der Waals surface area contributed by atoms with Crippen molar-refractivity contribution in [2.24, 2.45) is 0 Å². The molecule has 0 aliphatic heterocycles.